The average molecular weight is 181 g/mol. The zero-order valence-electron chi connectivity index (χ0n) is 7.77. The van der Waals surface area contributed by atoms with E-state index in [0.717, 1.165) is 25.2 Å². The van der Waals surface area contributed by atoms with Gasteiger partial charge in [-0.25, -0.2) is 4.98 Å². The SMILES string of the molecule is Cn1ccnc1C(O)C1CCCN1. The first-order valence-electron chi connectivity index (χ1n) is 4.67. The van der Waals surface area contributed by atoms with Crippen molar-refractivity contribution in [1.29, 1.82) is 0 Å². The molecular formula is C9H15N3O. The number of aryl methyl sites for hydroxylation is 1. The van der Waals surface area contributed by atoms with E-state index < -0.39 is 6.10 Å². The van der Waals surface area contributed by atoms with Gasteiger partial charge < -0.3 is 15.0 Å². The summed E-state index contributed by atoms with van der Waals surface area (Å²) in [5.41, 5.74) is 0. The molecule has 0 amide bonds. The van der Waals surface area contributed by atoms with Gasteiger partial charge in [-0.15, -0.1) is 0 Å². The van der Waals surface area contributed by atoms with Crippen LogP contribution in [0.4, 0.5) is 0 Å². The number of aliphatic hydroxyl groups excluding tert-OH is 1. The second kappa shape index (κ2) is 3.47. The molecule has 0 spiro atoms. The molecule has 1 aromatic heterocycles. The lowest BCUT2D eigenvalue weighted by atomic mass is 10.1. The second-order valence-electron chi connectivity index (χ2n) is 3.54. The van der Waals surface area contributed by atoms with E-state index in [1.807, 2.05) is 17.8 Å². The maximum absolute atomic E-state index is 9.94. The minimum atomic E-state index is -0.470. The van der Waals surface area contributed by atoms with Gasteiger partial charge in [-0.2, -0.15) is 0 Å². The minimum absolute atomic E-state index is 0.182. The molecule has 1 aliphatic heterocycles. The van der Waals surface area contributed by atoms with Crippen LogP contribution >= 0.6 is 0 Å². The van der Waals surface area contributed by atoms with E-state index >= 15 is 0 Å². The Morgan fingerprint density at radius 1 is 1.77 bits per heavy atom. The number of aromatic nitrogens is 2. The topological polar surface area (TPSA) is 50.1 Å². The summed E-state index contributed by atoms with van der Waals surface area (Å²) in [6.45, 7) is 1.01. The minimum Gasteiger partial charge on any atom is -0.384 e. The Bertz CT molecular complexity index is 278. The smallest absolute Gasteiger partial charge is 0.138 e. The molecule has 2 heterocycles. The average Bonchev–Trinajstić information content (AvgIpc) is 2.72. The third-order valence-corrected chi connectivity index (χ3v) is 2.60. The molecule has 0 aliphatic carbocycles. The molecule has 1 fully saturated rings. The standard InChI is InChI=1S/C9H15N3O/c1-12-6-5-11-9(12)8(13)7-3-2-4-10-7/h5-8,10,13H,2-4H2,1H3. The van der Waals surface area contributed by atoms with Crippen LogP contribution in [0.25, 0.3) is 0 Å². The summed E-state index contributed by atoms with van der Waals surface area (Å²) in [6, 6.07) is 0.182. The normalized spacial score (nSPS) is 24.9. The van der Waals surface area contributed by atoms with Crippen LogP contribution in [-0.2, 0) is 7.05 Å². The van der Waals surface area contributed by atoms with Crippen molar-refractivity contribution in [3.05, 3.63) is 18.2 Å². The van der Waals surface area contributed by atoms with Crippen molar-refractivity contribution in [2.45, 2.75) is 25.0 Å². The Kier molecular flexibility index (Phi) is 2.33. The zero-order chi connectivity index (χ0) is 9.26. The number of hydrogen-bond donors (Lipinski definition) is 2. The number of rotatable bonds is 2. The third-order valence-electron chi connectivity index (χ3n) is 2.60. The number of nitrogens with one attached hydrogen (secondary N) is 1. The van der Waals surface area contributed by atoms with Crippen LogP contribution in [0.1, 0.15) is 24.8 Å². The first kappa shape index (κ1) is 8.72. The van der Waals surface area contributed by atoms with Gasteiger partial charge in [0.1, 0.15) is 11.9 Å². The second-order valence-corrected chi connectivity index (χ2v) is 3.54. The summed E-state index contributed by atoms with van der Waals surface area (Å²) in [7, 11) is 1.90. The predicted molar refractivity (Wildman–Crippen MR) is 49.2 cm³/mol. The quantitative estimate of drug-likeness (QED) is 0.685. The summed E-state index contributed by atoms with van der Waals surface area (Å²) < 4.78 is 1.87. The van der Waals surface area contributed by atoms with E-state index in [2.05, 4.69) is 10.3 Å². The van der Waals surface area contributed by atoms with Gasteiger partial charge >= 0.3 is 0 Å². The van der Waals surface area contributed by atoms with E-state index in [-0.39, 0.29) is 6.04 Å². The molecule has 1 aromatic rings. The van der Waals surface area contributed by atoms with Gasteiger partial charge in [0.2, 0.25) is 0 Å². The lowest BCUT2D eigenvalue weighted by molar-refractivity contribution is 0.125. The molecule has 72 valence electrons. The van der Waals surface area contributed by atoms with Gasteiger partial charge in [0.25, 0.3) is 0 Å². The number of nitrogens with zero attached hydrogens (tertiary/aromatic N) is 2. The number of imidazole rings is 1. The first-order valence-corrected chi connectivity index (χ1v) is 4.67. The summed E-state index contributed by atoms with van der Waals surface area (Å²) >= 11 is 0. The van der Waals surface area contributed by atoms with Crippen molar-refractivity contribution in [1.82, 2.24) is 14.9 Å². The van der Waals surface area contributed by atoms with Gasteiger partial charge in [-0.05, 0) is 19.4 Å². The molecule has 2 rings (SSSR count). The lowest BCUT2D eigenvalue weighted by Crippen LogP contribution is -2.30. The molecule has 1 saturated heterocycles. The van der Waals surface area contributed by atoms with Crippen molar-refractivity contribution in [2.75, 3.05) is 6.54 Å². The van der Waals surface area contributed by atoms with Crippen molar-refractivity contribution in [3.8, 4) is 0 Å². The van der Waals surface area contributed by atoms with Crippen LogP contribution in [0.15, 0.2) is 12.4 Å². The lowest BCUT2D eigenvalue weighted by Gasteiger charge is -2.17. The Balaban J connectivity index is 2.12. The molecule has 2 atom stereocenters. The zero-order valence-corrected chi connectivity index (χ0v) is 7.77. The van der Waals surface area contributed by atoms with E-state index in [0.29, 0.717) is 0 Å². The fourth-order valence-electron chi connectivity index (χ4n) is 1.82. The highest BCUT2D eigenvalue weighted by Gasteiger charge is 2.26. The predicted octanol–water partition coefficient (Wildman–Crippen LogP) is 0.205. The van der Waals surface area contributed by atoms with Gasteiger partial charge in [0.05, 0.1) is 0 Å². The maximum atomic E-state index is 9.94. The molecule has 4 heteroatoms. The maximum Gasteiger partial charge on any atom is 0.138 e. The molecule has 1 aliphatic rings. The molecule has 4 nitrogen and oxygen atoms in total. The van der Waals surface area contributed by atoms with Crippen molar-refractivity contribution in [3.63, 3.8) is 0 Å². The Morgan fingerprint density at radius 2 is 2.62 bits per heavy atom. The highest BCUT2D eigenvalue weighted by molar-refractivity contribution is 5.00. The van der Waals surface area contributed by atoms with E-state index in [1.165, 1.54) is 0 Å². The Hall–Kier alpha value is -0.870. The molecule has 0 saturated carbocycles. The van der Waals surface area contributed by atoms with E-state index in [9.17, 15) is 5.11 Å². The Morgan fingerprint density at radius 3 is 3.15 bits per heavy atom. The molecule has 0 radical (unpaired) electrons. The fourth-order valence-corrected chi connectivity index (χ4v) is 1.82. The first-order chi connectivity index (χ1) is 6.29. The van der Waals surface area contributed by atoms with Crippen LogP contribution in [0.2, 0.25) is 0 Å². The van der Waals surface area contributed by atoms with Crippen LogP contribution < -0.4 is 5.32 Å². The van der Waals surface area contributed by atoms with E-state index in [1.54, 1.807) is 6.20 Å². The van der Waals surface area contributed by atoms with Crippen molar-refractivity contribution >= 4 is 0 Å². The molecule has 2 unspecified atom stereocenters. The fraction of sp³-hybridized carbons (Fsp3) is 0.667. The molecular weight excluding hydrogens is 166 g/mol. The molecule has 0 aromatic carbocycles. The van der Waals surface area contributed by atoms with Gasteiger partial charge in [-0.1, -0.05) is 0 Å². The molecule has 13 heavy (non-hydrogen) atoms. The van der Waals surface area contributed by atoms with Crippen molar-refractivity contribution in [2.24, 2.45) is 7.05 Å². The summed E-state index contributed by atoms with van der Waals surface area (Å²) in [5, 5.41) is 13.2. The summed E-state index contributed by atoms with van der Waals surface area (Å²) in [5.74, 6) is 0.749. The highest BCUT2D eigenvalue weighted by Crippen LogP contribution is 2.20. The monoisotopic (exact) mass is 181 g/mol. The van der Waals surface area contributed by atoms with Crippen molar-refractivity contribution < 1.29 is 5.11 Å². The number of aliphatic hydroxyl groups is 1. The van der Waals surface area contributed by atoms with E-state index in [4.69, 9.17) is 0 Å². The van der Waals surface area contributed by atoms with Crippen LogP contribution in [0.5, 0.6) is 0 Å². The molecule has 2 N–H and O–H groups in total. The van der Waals surface area contributed by atoms with Crippen LogP contribution in [0.3, 0.4) is 0 Å². The van der Waals surface area contributed by atoms with Gasteiger partial charge in [-0.3, -0.25) is 0 Å². The molecule has 0 bridgehead atoms. The van der Waals surface area contributed by atoms with Gasteiger partial charge in [0.15, 0.2) is 0 Å². The summed E-state index contributed by atoms with van der Waals surface area (Å²) in [6.07, 6.45) is 5.28. The third kappa shape index (κ3) is 1.59. The number of hydrogen-bond acceptors (Lipinski definition) is 3. The van der Waals surface area contributed by atoms with Crippen LogP contribution in [0, 0.1) is 0 Å². The highest BCUT2D eigenvalue weighted by atomic mass is 16.3. The summed E-state index contributed by atoms with van der Waals surface area (Å²) in [4.78, 5) is 4.13. The largest absolute Gasteiger partial charge is 0.384 e. The Labute approximate surface area is 77.6 Å². The van der Waals surface area contributed by atoms with Gasteiger partial charge in [0, 0.05) is 25.5 Å². The van der Waals surface area contributed by atoms with Crippen LogP contribution in [-0.4, -0.2) is 27.2 Å².